The first-order valence-electron chi connectivity index (χ1n) is 12.1. The van der Waals surface area contributed by atoms with E-state index in [9.17, 15) is 15.0 Å². The fraction of sp³-hybridized carbons (Fsp3) is 0.367. The highest BCUT2D eigenvalue weighted by Crippen LogP contribution is 2.13. The topological polar surface area (TPSA) is 85.2 Å². The van der Waals surface area contributed by atoms with Crippen molar-refractivity contribution in [2.75, 3.05) is 20.8 Å². The van der Waals surface area contributed by atoms with Gasteiger partial charge in [0.15, 0.2) is 0 Å². The molecule has 0 spiro atoms. The van der Waals surface area contributed by atoms with Crippen LogP contribution in [0, 0.1) is 5.92 Å². The van der Waals surface area contributed by atoms with E-state index in [1.54, 1.807) is 25.3 Å². The van der Waals surface area contributed by atoms with Gasteiger partial charge in [-0.05, 0) is 30.5 Å². The molecule has 0 saturated heterocycles. The lowest BCUT2D eigenvalue weighted by Crippen LogP contribution is -2.20. The molecule has 0 aliphatic rings. The predicted molar refractivity (Wildman–Crippen MR) is 145 cm³/mol. The number of ether oxygens (including phenoxy) is 3. The van der Waals surface area contributed by atoms with Gasteiger partial charge in [0.1, 0.15) is 5.75 Å². The number of allylic oxidation sites excluding steroid dienone is 9. The van der Waals surface area contributed by atoms with Crippen LogP contribution >= 0.6 is 0 Å². The Morgan fingerprint density at radius 2 is 1.53 bits per heavy atom. The number of aliphatic hydroxyl groups is 2. The molecule has 6 nitrogen and oxygen atoms in total. The number of esters is 1. The number of aliphatic hydroxyl groups excluding tert-OH is 2. The monoisotopic (exact) mass is 496 g/mol. The number of benzene rings is 1. The Balaban J connectivity index is 2.19. The van der Waals surface area contributed by atoms with E-state index in [0.29, 0.717) is 32.5 Å². The van der Waals surface area contributed by atoms with Gasteiger partial charge in [0, 0.05) is 12.3 Å². The lowest BCUT2D eigenvalue weighted by molar-refractivity contribution is -0.140. The van der Waals surface area contributed by atoms with Gasteiger partial charge in [-0.1, -0.05) is 92.0 Å². The Morgan fingerprint density at radius 1 is 0.889 bits per heavy atom. The molecule has 196 valence electrons. The van der Waals surface area contributed by atoms with Crippen LogP contribution in [0.1, 0.15) is 31.7 Å². The molecule has 0 unspecified atom stereocenters. The summed E-state index contributed by atoms with van der Waals surface area (Å²) < 4.78 is 15.4. The van der Waals surface area contributed by atoms with Gasteiger partial charge in [0.05, 0.1) is 39.6 Å². The molecule has 0 amide bonds. The van der Waals surface area contributed by atoms with E-state index in [1.807, 2.05) is 85.9 Å². The zero-order valence-electron chi connectivity index (χ0n) is 21.5. The summed E-state index contributed by atoms with van der Waals surface area (Å²) in [6, 6.07) is 7.73. The molecule has 0 bridgehead atoms. The Hall–Kier alpha value is -3.19. The van der Waals surface area contributed by atoms with E-state index in [-0.39, 0.29) is 11.9 Å². The first-order chi connectivity index (χ1) is 17.5. The summed E-state index contributed by atoms with van der Waals surface area (Å²) in [5.74, 6) is 0.537. The molecular formula is C30H40O6. The van der Waals surface area contributed by atoms with Crippen molar-refractivity contribution >= 4 is 5.97 Å². The summed E-state index contributed by atoms with van der Waals surface area (Å²) in [6.07, 6.45) is 22.3. The van der Waals surface area contributed by atoms with Crippen LogP contribution in [-0.4, -0.2) is 49.2 Å². The predicted octanol–water partition coefficient (Wildman–Crippen LogP) is 5.25. The number of carbonyl (C=O) groups excluding carboxylic acids is 1. The zero-order valence-corrected chi connectivity index (χ0v) is 21.5. The first kappa shape index (κ1) is 30.8. The average Bonchev–Trinajstić information content (AvgIpc) is 2.89. The van der Waals surface area contributed by atoms with Crippen molar-refractivity contribution in [2.45, 2.75) is 45.0 Å². The molecule has 0 fully saturated rings. The fourth-order valence-electron chi connectivity index (χ4n) is 2.87. The largest absolute Gasteiger partial charge is 0.497 e. The molecule has 0 aromatic heterocycles. The number of rotatable bonds is 17. The Labute approximate surface area is 215 Å². The minimum atomic E-state index is -0.586. The Morgan fingerprint density at radius 3 is 2.17 bits per heavy atom. The summed E-state index contributed by atoms with van der Waals surface area (Å²) in [5, 5.41) is 20.1. The second-order valence-corrected chi connectivity index (χ2v) is 8.14. The maximum Gasteiger partial charge on any atom is 0.305 e. The molecule has 2 N–H and O–H groups in total. The van der Waals surface area contributed by atoms with Crippen molar-refractivity contribution in [3.63, 3.8) is 0 Å². The van der Waals surface area contributed by atoms with Crippen molar-refractivity contribution in [1.82, 2.24) is 0 Å². The van der Waals surface area contributed by atoms with Crippen molar-refractivity contribution in [3.05, 3.63) is 103 Å². The molecule has 0 saturated carbocycles. The van der Waals surface area contributed by atoms with Crippen LogP contribution in [0.25, 0.3) is 0 Å². The van der Waals surface area contributed by atoms with Crippen LogP contribution in [0.3, 0.4) is 0 Å². The molecule has 1 aromatic carbocycles. The third-order valence-electron chi connectivity index (χ3n) is 5.09. The quantitative estimate of drug-likeness (QED) is 0.174. The minimum absolute atomic E-state index is 0.0213. The van der Waals surface area contributed by atoms with Gasteiger partial charge in [-0.2, -0.15) is 0 Å². The molecule has 0 aliphatic carbocycles. The molecular weight excluding hydrogens is 456 g/mol. The van der Waals surface area contributed by atoms with Crippen LogP contribution in [0.4, 0.5) is 0 Å². The highest BCUT2D eigenvalue weighted by atomic mass is 16.5. The van der Waals surface area contributed by atoms with E-state index < -0.39 is 12.2 Å². The normalized spacial score (nSPS) is 15.1. The first-order valence-corrected chi connectivity index (χ1v) is 12.1. The van der Waals surface area contributed by atoms with Crippen molar-refractivity contribution < 1.29 is 29.2 Å². The maximum absolute atomic E-state index is 11.0. The van der Waals surface area contributed by atoms with Crippen LogP contribution < -0.4 is 4.74 Å². The van der Waals surface area contributed by atoms with E-state index in [2.05, 4.69) is 4.74 Å². The van der Waals surface area contributed by atoms with Crippen LogP contribution in [0.2, 0.25) is 0 Å². The third-order valence-corrected chi connectivity index (χ3v) is 5.09. The summed E-state index contributed by atoms with van der Waals surface area (Å²) in [6.45, 7) is 2.90. The van der Waals surface area contributed by atoms with Gasteiger partial charge in [-0.3, -0.25) is 4.79 Å². The van der Waals surface area contributed by atoms with Gasteiger partial charge in [-0.15, -0.1) is 0 Å². The molecule has 36 heavy (non-hydrogen) atoms. The molecule has 1 aromatic rings. The lowest BCUT2D eigenvalue weighted by Gasteiger charge is -2.15. The summed E-state index contributed by atoms with van der Waals surface area (Å²) in [7, 11) is 3.00. The maximum atomic E-state index is 11.0. The summed E-state index contributed by atoms with van der Waals surface area (Å²) >= 11 is 0. The van der Waals surface area contributed by atoms with Crippen LogP contribution in [0.15, 0.2) is 97.2 Å². The van der Waals surface area contributed by atoms with Crippen molar-refractivity contribution in [1.29, 1.82) is 0 Å². The molecule has 0 radical (unpaired) electrons. The van der Waals surface area contributed by atoms with Gasteiger partial charge >= 0.3 is 5.97 Å². The van der Waals surface area contributed by atoms with Crippen LogP contribution in [0.5, 0.6) is 5.75 Å². The summed E-state index contributed by atoms with van der Waals surface area (Å²) in [4.78, 5) is 11.0. The van der Waals surface area contributed by atoms with Crippen molar-refractivity contribution in [2.24, 2.45) is 5.92 Å². The van der Waals surface area contributed by atoms with Crippen LogP contribution in [-0.2, 0) is 20.9 Å². The number of hydrogen-bond donors (Lipinski definition) is 2. The lowest BCUT2D eigenvalue weighted by atomic mass is 10.1. The van der Waals surface area contributed by atoms with E-state index in [0.717, 1.165) is 11.3 Å². The standard InChI is InChI=1S/C30H40O6/c1-25(23-36-24-26-19-21-28(34-2)22-20-26)29(32)17-12-10-8-6-4-5-7-9-11-15-27(31)16-13-14-18-30(33)35-3/h4-13,16-17,19-22,25,27,29,31-32H,14-15,18,23-24H2,1-3H3/b6-4+,7-5+,10-8+,11-9+,16-13+,17-12+/t25-,27-,29+/m0/s1. The zero-order chi connectivity index (χ0) is 26.4. The van der Waals surface area contributed by atoms with E-state index in [1.165, 1.54) is 7.11 Å². The molecule has 3 atom stereocenters. The number of methoxy groups -OCH3 is 2. The molecule has 1 rings (SSSR count). The summed E-state index contributed by atoms with van der Waals surface area (Å²) in [5.41, 5.74) is 1.06. The van der Waals surface area contributed by atoms with Gasteiger partial charge in [0.2, 0.25) is 0 Å². The second-order valence-electron chi connectivity index (χ2n) is 8.14. The molecule has 0 aliphatic heterocycles. The fourth-order valence-corrected chi connectivity index (χ4v) is 2.87. The van der Waals surface area contributed by atoms with Gasteiger partial charge < -0.3 is 24.4 Å². The second kappa shape index (κ2) is 20.0. The van der Waals surface area contributed by atoms with E-state index in [4.69, 9.17) is 9.47 Å². The molecule has 0 heterocycles. The highest BCUT2D eigenvalue weighted by molar-refractivity contribution is 5.69. The smallest absolute Gasteiger partial charge is 0.305 e. The Bertz CT molecular complexity index is 893. The SMILES string of the molecule is COC(=O)CC/C=C/[C@@H](O)C/C=C/C=C/C=C/C=C/C=C/[C@@H](O)[C@@H](C)COCc1ccc(OC)cc1. The van der Waals surface area contributed by atoms with Gasteiger partial charge in [-0.25, -0.2) is 0 Å². The number of hydrogen-bond acceptors (Lipinski definition) is 6. The van der Waals surface area contributed by atoms with Crippen molar-refractivity contribution in [3.8, 4) is 5.75 Å². The minimum Gasteiger partial charge on any atom is -0.497 e. The Kier molecular flexibility index (Phi) is 17.2. The third kappa shape index (κ3) is 15.7. The van der Waals surface area contributed by atoms with Gasteiger partial charge in [0.25, 0.3) is 0 Å². The van der Waals surface area contributed by atoms with E-state index >= 15 is 0 Å². The average molecular weight is 497 g/mol. The highest BCUT2D eigenvalue weighted by Gasteiger charge is 2.10. The number of carbonyl (C=O) groups is 1. The molecule has 6 heteroatoms.